The zero-order chi connectivity index (χ0) is 14.7. The quantitative estimate of drug-likeness (QED) is 0.666. The molecule has 0 spiro atoms. The van der Waals surface area contributed by atoms with Crippen LogP contribution in [0.4, 0.5) is 17.5 Å². The molecule has 108 valence electrons. The molecule has 2 aromatic heterocycles. The molecule has 0 saturated heterocycles. The third-order valence-corrected chi connectivity index (χ3v) is 3.03. The van der Waals surface area contributed by atoms with E-state index in [4.69, 9.17) is 4.74 Å². The van der Waals surface area contributed by atoms with Crippen molar-refractivity contribution < 1.29 is 4.74 Å². The van der Waals surface area contributed by atoms with Gasteiger partial charge >= 0.3 is 0 Å². The van der Waals surface area contributed by atoms with Crippen molar-refractivity contribution in [1.29, 1.82) is 0 Å². The van der Waals surface area contributed by atoms with Crippen LogP contribution in [0.1, 0.15) is 5.56 Å². The standard InChI is InChI=1S/C14H16N6O/c1-15-14-18-12(11-7-16-20-13(11)19-14)17-10-5-3-4-9(6-10)8-21-2/h3-7H,8H2,1-2H3,(H3,15,16,17,18,19,20). The highest BCUT2D eigenvalue weighted by molar-refractivity contribution is 5.89. The highest BCUT2D eigenvalue weighted by atomic mass is 16.5. The first-order chi connectivity index (χ1) is 10.3. The molecule has 0 unspecified atom stereocenters. The van der Waals surface area contributed by atoms with Crippen LogP contribution in [0.5, 0.6) is 0 Å². The molecule has 2 heterocycles. The summed E-state index contributed by atoms with van der Waals surface area (Å²) >= 11 is 0. The first-order valence-electron chi connectivity index (χ1n) is 6.54. The Kier molecular flexibility index (Phi) is 3.65. The Morgan fingerprint density at radius 1 is 1.29 bits per heavy atom. The van der Waals surface area contributed by atoms with Gasteiger partial charge in [-0.3, -0.25) is 5.10 Å². The summed E-state index contributed by atoms with van der Waals surface area (Å²) in [6.07, 6.45) is 1.70. The molecular formula is C14H16N6O. The second-order valence-corrected chi connectivity index (χ2v) is 4.54. The van der Waals surface area contributed by atoms with Gasteiger partial charge in [0, 0.05) is 19.8 Å². The predicted molar refractivity (Wildman–Crippen MR) is 81.7 cm³/mol. The van der Waals surface area contributed by atoms with Crippen molar-refractivity contribution in [2.24, 2.45) is 0 Å². The lowest BCUT2D eigenvalue weighted by molar-refractivity contribution is 0.185. The average Bonchev–Trinajstić information content (AvgIpc) is 2.96. The fraction of sp³-hybridized carbons (Fsp3) is 0.214. The van der Waals surface area contributed by atoms with E-state index < -0.39 is 0 Å². The van der Waals surface area contributed by atoms with Crippen LogP contribution in [-0.2, 0) is 11.3 Å². The number of hydrogen-bond donors (Lipinski definition) is 3. The van der Waals surface area contributed by atoms with Gasteiger partial charge in [0.1, 0.15) is 5.82 Å². The molecule has 7 nitrogen and oxygen atoms in total. The lowest BCUT2D eigenvalue weighted by Crippen LogP contribution is -2.01. The van der Waals surface area contributed by atoms with Crippen LogP contribution in [0, 0.1) is 0 Å². The maximum atomic E-state index is 5.15. The summed E-state index contributed by atoms with van der Waals surface area (Å²) in [5, 5.41) is 13.9. The molecule has 0 amide bonds. The van der Waals surface area contributed by atoms with Crippen LogP contribution in [0.2, 0.25) is 0 Å². The molecule has 0 radical (unpaired) electrons. The van der Waals surface area contributed by atoms with Gasteiger partial charge in [-0.2, -0.15) is 15.1 Å². The number of ether oxygens (including phenoxy) is 1. The van der Waals surface area contributed by atoms with Gasteiger partial charge in [0.05, 0.1) is 18.2 Å². The Morgan fingerprint density at radius 3 is 3.00 bits per heavy atom. The van der Waals surface area contributed by atoms with Crippen LogP contribution in [0.3, 0.4) is 0 Å². The van der Waals surface area contributed by atoms with Gasteiger partial charge in [0.25, 0.3) is 0 Å². The molecule has 3 N–H and O–H groups in total. The molecule has 3 aromatic rings. The van der Waals surface area contributed by atoms with E-state index in [1.54, 1.807) is 20.4 Å². The molecule has 0 aliphatic rings. The van der Waals surface area contributed by atoms with Crippen molar-refractivity contribution in [1.82, 2.24) is 20.2 Å². The van der Waals surface area contributed by atoms with Gasteiger partial charge in [0.15, 0.2) is 5.65 Å². The Bertz CT molecular complexity index is 754. The summed E-state index contributed by atoms with van der Waals surface area (Å²) in [5.41, 5.74) is 2.71. The number of nitrogens with zero attached hydrogens (tertiary/aromatic N) is 3. The summed E-state index contributed by atoms with van der Waals surface area (Å²) in [6.45, 7) is 0.572. The third kappa shape index (κ3) is 2.77. The molecule has 21 heavy (non-hydrogen) atoms. The predicted octanol–water partition coefficient (Wildman–Crippen LogP) is 2.28. The van der Waals surface area contributed by atoms with E-state index in [0.29, 0.717) is 24.0 Å². The molecule has 7 heteroatoms. The number of aromatic amines is 1. The van der Waals surface area contributed by atoms with E-state index in [9.17, 15) is 0 Å². The number of H-pyrrole nitrogens is 1. The second kappa shape index (κ2) is 5.76. The molecule has 0 aliphatic heterocycles. The Labute approximate surface area is 121 Å². The van der Waals surface area contributed by atoms with Crippen molar-refractivity contribution in [2.75, 3.05) is 24.8 Å². The minimum absolute atomic E-state index is 0.530. The monoisotopic (exact) mass is 284 g/mol. The number of aromatic nitrogens is 4. The lowest BCUT2D eigenvalue weighted by atomic mass is 10.2. The number of methoxy groups -OCH3 is 1. The van der Waals surface area contributed by atoms with Crippen molar-refractivity contribution in [3.05, 3.63) is 36.0 Å². The first-order valence-corrected chi connectivity index (χ1v) is 6.54. The zero-order valence-corrected chi connectivity index (χ0v) is 11.8. The molecule has 0 saturated carbocycles. The number of fused-ring (bicyclic) bond motifs is 1. The molecule has 0 fully saturated rings. The minimum atomic E-state index is 0.530. The average molecular weight is 284 g/mol. The highest BCUT2D eigenvalue weighted by Gasteiger charge is 2.09. The fourth-order valence-electron chi connectivity index (χ4n) is 2.08. The van der Waals surface area contributed by atoms with E-state index in [1.807, 2.05) is 24.3 Å². The zero-order valence-electron chi connectivity index (χ0n) is 11.8. The summed E-state index contributed by atoms with van der Waals surface area (Å²) < 4.78 is 5.15. The van der Waals surface area contributed by atoms with Crippen LogP contribution >= 0.6 is 0 Å². The number of anilines is 3. The Hall–Kier alpha value is -2.67. The molecule has 0 atom stereocenters. The van der Waals surface area contributed by atoms with Crippen molar-refractivity contribution in [3.8, 4) is 0 Å². The summed E-state index contributed by atoms with van der Waals surface area (Å²) in [4.78, 5) is 8.74. The SMILES string of the molecule is CNc1nc(Nc2cccc(COC)c2)c2cn[nH]c2n1. The highest BCUT2D eigenvalue weighted by Crippen LogP contribution is 2.24. The second-order valence-electron chi connectivity index (χ2n) is 4.54. The van der Waals surface area contributed by atoms with E-state index in [1.165, 1.54) is 0 Å². The maximum absolute atomic E-state index is 5.15. The number of hydrogen-bond acceptors (Lipinski definition) is 6. The molecule has 0 bridgehead atoms. The van der Waals surface area contributed by atoms with Gasteiger partial charge in [-0.05, 0) is 17.7 Å². The topological polar surface area (TPSA) is 87.8 Å². The fourth-order valence-corrected chi connectivity index (χ4v) is 2.08. The lowest BCUT2D eigenvalue weighted by Gasteiger charge is -2.09. The van der Waals surface area contributed by atoms with Crippen LogP contribution in [-0.4, -0.2) is 34.3 Å². The van der Waals surface area contributed by atoms with E-state index in [2.05, 4.69) is 30.8 Å². The van der Waals surface area contributed by atoms with Crippen molar-refractivity contribution in [3.63, 3.8) is 0 Å². The van der Waals surface area contributed by atoms with Gasteiger partial charge in [-0.25, -0.2) is 0 Å². The summed E-state index contributed by atoms with van der Waals surface area (Å²) in [5.74, 6) is 1.23. The molecular weight excluding hydrogens is 268 g/mol. The minimum Gasteiger partial charge on any atom is -0.380 e. The van der Waals surface area contributed by atoms with Gasteiger partial charge in [-0.1, -0.05) is 12.1 Å². The largest absolute Gasteiger partial charge is 0.380 e. The van der Waals surface area contributed by atoms with Gasteiger partial charge in [0.2, 0.25) is 5.95 Å². The van der Waals surface area contributed by atoms with Crippen LogP contribution < -0.4 is 10.6 Å². The smallest absolute Gasteiger partial charge is 0.226 e. The normalized spacial score (nSPS) is 10.8. The summed E-state index contributed by atoms with van der Waals surface area (Å²) in [7, 11) is 3.46. The van der Waals surface area contributed by atoms with E-state index >= 15 is 0 Å². The first kappa shape index (κ1) is 13.3. The van der Waals surface area contributed by atoms with Crippen LogP contribution in [0.25, 0.3) is 11.0 Å². The van der Waals surface area contributed by atoms with Gasteiger partial charge in [-0.15, -0.1) is 0 Å². The molecule has 0 aliphatic carbocycles. The number of benzene rings is 1. The third-order valence-electron chi connectivity index (χ3n) is 3.03. The van der Waals surface area contributed by atoms with Crippen LogP contribution in [0.15, 0.2) is 30.5 Å². The molecule has 1 aromatic carbocycles. The molecule has 3 rings (SSSR count). The number of rotatable bonds is 5. The summed E-state index contributed by atoms with van der Waals surface area (Å²) in [6, 6.07) is 7.99. The van der Waals surface area contributed by atoms with E-state index in [-0.39, 0.29) is 0 Å². The maximum Gasteiger partial charge on any atom is 0.226 e. The van der Waals surface area contributed by atoms with Crippen molar-refractivity contribution in [2.45, 2.75) is 6.61 Å². The van der Waals surface area contributed by atoms with Crippen molar-refractivity contribution >= 4 is 28.5 Å². The van der Waals surface area contributed by atoms with Gasteiger partial charge < -0.3 is 15.4 Å². The Morgan fingerprint density at radius 2 is 2.19 bits per heavy atom. The Balaban J connectivity index is 1.97. The van der Waals surface area contributed by atoms with E-state index in [0.717, 1.165) is 16.6 Å². The number of nitrogens with one attached hydrogen (secondary N) is 3.